The molecular formula is C21H26N2O2. The van der Waals surface area contributed by atoms with Crippen molar-refractivity contribution < 1.29 is 9.53 Å². The van der Waals surface area contributed by atoms with E-state index in [1.807, 2.05) is 45.0 Å². The highest BCUT2D eigenvalue weighted by atomic mass is 16.6. The molecule has 1 aliphatic heterocycles. The molecular weight excluding hydrogens is 312 g/mol. The van der Waals surface area contributed by atoms with Crippen LogP contribution in [0.1, 0.15) is 49.9 Å². The number of benzene rings is 2. The fraction of sp³-hybridized carbons (Fsp3) is 0.381. The number of hydrogen-bond acceptors (Lipinski definition) is 3. The second kappa shape index (κ2) is 6.89. The third-order valence-corrected chi connectivity index (χ3v) is 4.31. The number of rotatable bonds is 2. The molecule has 0 unspecified atom stereocenters. The van der Waals surface area contributed by atoms with Crippen LogP contribution in [0.5, 0.6) is 0 Å². The third kappa shape index (κ3) is 4.20. The maximum absolute atomic E-state index is 12.5. The maximum atomic E-state index is 12.5. The molecule has 0 spiro atoms. The average Bonchev–Trinajstić information content (AvgIpc) is 2.55. The van der Waals surface area contributed by atoms with Gasteiger partial charge in [-0.05, 0) is 56.4 Å². The molecule has 2 aromatic carbocycles. The highest BCUT2D eigenvalue weighted by molar-refractivity contribution is 5.89. The first kappa shape index (κ1) is 17.5. The van der Waals surface area contributed by atoms with Gasteiger partial charge in [0, 0.05) is 12.6 Å². The third-order valence-electron chi connectivity index (χ3n) is 4.31. The van der Waals surface area contributed by atoms with Crippen LogP contribution in [0.2, 0.25) is 0 Å². The summed E-state index contributed by atoms with van der Waals surface area (Å²) in [7, 11) is 0. The van der Waals surface area contributed by atoms with E-state index in [0.717, 1.165) is 24.1 Å². The lowest BCUT2D eigenvalue weighted by atomic mass is 9.93. The molecule has 25 heavy (non-hydrogen) atoms. The van der Waals surface area contributed by atoms with Crippen LogP contribution >= 0.6 is 0 Å². The summed E-state index contributed by atoms with van der Waals surface area (Å²) in [6, 6.07) is 16.5. The topological polar surface area (TPSA) is 55.6 Å². The van der Waals surface area contributed by atoms with Crippen molar-refractivity contribution in [2.75, 3.05) is 11.4 Å². The lowest BCUT2D eigenvalue weighted by molar-refractivity contribution is 0.0576. The summed E-state index contributed by atoms with van der Waals surface area (Å²) < 4.78 is 5.54. The summed E-state index contributed by atoms with van der Waals surface area (Å²) in [6.07, 6.45) is 1.28. The molecule has 1 atom stereocenters. The minimum atomic E-state index is -0.510. The second-order valence-electron chi connectivity index (χ2n) is 7.58. The van der Waals surface area contributed by atoms with E-state index in [2.05, 4.69) is 24.3 Å². The van der Waals surface area contributed by atoms with Crippen LogP contribution in [0, 0.1) is 0 Å². The average molecular weight is 338 g/mol. The molecule has 0 aliphatic carbocycles. The normalized spacial score (nSPS) is 17.1. The number of nitrogens with two attached hydrogens (primary N) is 1. The minimum absolute atomic E-state index is 0.0515. The molecule has 0 saturated carbocycles. The molecule has 0 bridgehead atoms. The number of anilines is 1. The first-order valence-corrected chi connectivity index (χ1v) is 8.76. The molecule has 4 nitrogen and oxygen atoms in total. The zero-order chi connectivity index (χ0) is 18.0. The molecule has 3 rings (SSSR count). The van der Waals surface area contributed by atoms with Crippen molar-refractivity contribution in [2.45, 2.75) is 45.3 Å². The first-order valence-electron chi connectivity index (χ1n) is 8.76. The number of carbonyl (C=O) groups is 1. The van der Waals surface area contributed by atoms with Gasteiger partial charge in [-0.1, -0.05) is 42.5 Å². The van der Waals surface area contributed by atoms with Crippen molar-refractivity contribution in [3.63, 3.8) is 0 Å². The Balaban J connectivity index is 1.86. The molecule has 2 aromatic rings. The molecule has 0 radical (unpaired) electrons. The number of fused-ring (bicyclic) bond motifs is 1. The van der Waals surface area contributed by atoms with E-state index in [9.17, 15) is 4.79 Å². The standard InChI is InChI=1S/C21H26N2O2/c1-21(2,3)25-20(24)23-12-11-18(22)17-14-16(9-10-19(17)23)13-15-7-5-4-6-8-15/h4-10,14,18H,11-13,22H2,1-3H3/t18-/m0/s1. The summed E-state index contributed by atoms with van der Waals surface area (Å²) in [5, 5.41) is 0. The Bertz CT molecular complexity index is 750. The van der Waals surface area contributed by atoms with Crippen LogP contribution in [0.15, 0.2) is 48.5 Å². The SMILES string of the molecule is CC(C)(C)OC(=O)N1CC[C@H](N)c2cc(Cc3ccccc3)ccc21. The van der Waals surface area contributed by atoms with Crippen LogP contribution in [0.25, 0.3) is 0 Å². The van der Waals surface area contributed by atoms with Crippen molar-refractivity contribution in [3.8, 4) is 0 Å². The van der Waals surface area contributed by atoms with Crippen LogP contribution in [-0.2, 0) is 11.2 Å². The van der Waals surface area contributed by atoms with Gasteiger partial charge in [-0.25, -0.2) is 4.79 Å². The number of nitrogens with zero attached hydrogens (tertiary/aromatic N) is 1. The van der Waals surface area contributed by atoms with Gasteiger partial charge in [0.05, 0.1) is 5.69 Å². The highest BCUT2D eigenvalue weighted by Crippen LogP contribution is 2.34. The van der Waals surface area contributed by atoms with Gasteiger partial charge in [0.15, 0.2) is 0 Å². The van der Waals surface area contributed by atoms with Crippen LogP contribution < -0.4 is 10.6 Å². The summed E-state index contributed by atoms with van der Waals surface area (Å²) in [6.45, 7) is 6.22. The van der Waals surface area contributed by atoms with Gasteiger partial charge in [-0.3, -0.25) is 4.90 Å². The Labute approximate surface area is 149 Å². The van der Waals surface area contributed by atoms with Gasteiger partial charge in [-0.15, -0.1) is 0 Å². The summed E-state index contributed by atoms with van der Waals surface area (Å²) >= 11 is 0. The fourth-order valence-corrected chi connectivity index (χ4v) is 3.14. The Morgan fingerprint density at radius 1 is 1.16 bits per heavy atom. The van der Waals surface area contributed by atoms with Gasteiger partial charge in [0.1, 0.15) is 5.60 Å². The fourth-order valence-electron chi connectivity index (χ4n) is 3.14. The van der Waals surface area contributed by atoms with Crippen LogP contribution in [0.4, 0.5) is 10.5 Å². The lowest BCUT2D eigenvalue weighted by Crippen LogP contribution is -2.41. The zero-order valence-corrected chi connectivity index (χ0v) is 15.2. The van der Waals surface area contributed by atoms with E-state index in [-0.39, 0.29) is 12.1 Å². The van der Waals surface area contributed by atoms with Crippen molar-refractivity contribution in [2.24, 2.45) is 5.73 Å². The van der Waals surface area contributed by atoms with Gasteiger partial charge < -0.3 is 10.5 Å². The van der Waals surface area contributed by atoms with E-state index in [0.29, 0.717) is 6.54 Å². The molecule has 132 valence electrons. The van der Waals surface area contributed by atoms with Crippen molar-refractivity contribution in [3.05, 3.63) is 65.2 Å². The molecule has 0 aromatic heterocycles. The number of hydrogen-bond donors (Lipinski definition) is 1. The van der Waals surface area contributed by atoms with Crippen molar-refractivity contribution in [1.29, 1.82) is 0 Å². The highest BCUT2D eigenvalue weighted by Gasteiger charge is 2.30. The molecule has 2 N–H and O–H groups in total. The number of ether oxygens (including phenoxy) is 1. The molecule has 1 aliphatic rings. The Kier molecular flexibility index (Phi) is 4.82. The summed E-state index contributed by atoms with van der Waals surface area (Å²) in [5.41, 5.74) is 10.2. The Morgan fingerprint density at radius 3 is 2.56 bits per heavy atom. The maximum Gasteiger partial charge on any atom is 0.414 e. The van der Waals surface area contributed by atoms with Crippen molar-refractivity contribution >= 4 is 11.8 Å². The first-order chi connectivity index (χ1) is 11.8. The van der Waals surface area contributed by atoms with E-state index in [1.165, 1.54) is 11.1 Å². The second-order valence-corrected chi connectivity index (χ2v) is 7.58. The molecule has 4 heteroatoms. The van der Waals surface area contributed by atoms with E-state index in [4.69, 9.17) is 10.5 Å². The minimum Gasteiger partial charge on any atom is -0.443 e. The Morgan fingerprint density at radius 2 is 1.88 bits per heavy atom. The quantitative estimate of drug-likeness (QED) is 0.882. The van der Waals surface area contributed by atoms with Crippen LogP contribution in [0.3, 0.4) is 0 Å². The van der Waals surface area contributed by atoms with E-state index < -0.39 is 5.60 Å². The molecule has 1 heterocycles. The summed E-state index contributed by atoms with van der Waals surface area (Å²) in [5.74, 6) is 0. The molecule has 0 fully saturated rings. The van der Waals surface area contributed by atoms with Gasteiger partial charge in [0.2, 0.25) is 0 Å². The van der Waals surface area contributed by atoms with Crippen LogP contribution in [-0.4, -0.2) is 18.2 Å². The zero-order valence-electron chi connectivity index (χ0n) is 15.2. The lowest BCUT2D eigenvalue weighted by Gasteiger charge is -2.34. The number of amides is 1. The smallest absolute Gasteiger partial charge is 0.414 e. The molecule has 0 saturated heterocycles. The van der Waals surface area contributed by atoms with Gasteiger partial charge in [0.25, 0.3) is 0 Å². The van der Waals surface area contributed by atoms with E-state index in [1.54, 1.807) is 4.90 Å². The Hall–Kier alpha value is -2.33. The van der Waals surface area contributed by atoms with Crippen molar-refractivity contribution in [1.82, 2.24) is 0 Å². The van der Waals surface area contributed by atoms with E-state index >= 15 is 0 Å². The predicted molar refractivity (Wildman–Crippen MR) is 101 cm³/mol. The predicted octanol–water partition coefficient (Wildman–Crippen LogP) is 4.42. The molecule has 1 amide bonds. The summed E-state index contributed by atoms with van der Waals surface area (Å²) in [4.78, 5) is 14.2. The van der Waals surface area contributed by atoms with Gasteiger partial charge >= 0.3 is 6.09 Å². The number of carbonyl (C=O) groups excluding carboxylic acids is 1. The largest absolute Gasteiger partial charge is 0.443 e. The monoisotopic (exact) mass is 338 g/mol. The van der Waals surface area contributed by atoms with Gasteiger partial charge in [-0.2, -0.15) is 0 Å².